The minimum Gasteiger partial charge on any atom is -0.394 e. The Labute approximate surface area is 174 Å². The predicted octanol–water partition coefficient (Wildman–Crippen LogP) is -3.27. The number of hydrogen-bond acceptors (Lipinski definition) is 9. The first kappa shape index (κ1) is 26.2. The lowest BCUT2D eigenvalue weighted by Gasteiger charge is -2.46. The third kappa shape index (κ3) is 7.15. The largest absolute Gasteiger partial charge is 0.394 e. The zero-order chi connectivity index (χ0) is 23.2. The van der Waals surface area contributed by atoms with Crippen molar-refractivity contribution in [3.63, 3.8) is 0 Å². The summed E-state index contributed by atoms with van der Waals surface area (Å²) in [7, 11) is 0. The van der Waals surface area contributed by atoms with Crippen molar-refractivity contribution in [2.45, 2.75) is 89.6 Å². The molecular formula is C18H33N3O9. The molecule has 0 aromatic heterocycles. The molecule has 3 amide bonds. The lowest BCUT2D eigenvalue weighted by atomic mass is 9.94. The van der Waals surface area contributed by atoms with Gasteiger partial charge >= 0.3 is 0 Å². The van der Waals surface area contributed by atoms with Crippen molar-refractivity contribution in [2.75, 3.05) is 6.61 Å². The summed E-state index contributed by atoms with van der Waals surface area (Å²) in [6, 6.07) is -3.13. The summed E-state index contributed by atoms with van der Waals surface area (Å²) >= 11 is 0. The SMILES string of the molecule is CC(=O)N[C@H]1[C@H](O[C@H]([C@H](O)[C@H](C)O)[C@@H](CO)NC(C)=O)O[C@H](C)[C@@H](NC(C)=O)[C@@H]1O. The molecule has 0 bridgehead atoms. The number of carbonyl (C=O) groups excluding carboxylic acids is 3. The van der Waals surface area contributed by atoms with E-state index in [1.165, 1.54) is 27.7 Å². The highest BCUT2D eigenvalue weighted by Gasteiger charge is 2.47. The zero-order valence-corrected chi connectivity index (χ0v) is 17.7. The first-order valence-corrected chi connectivity index (χ1v) is 9.66. The third-order valence-electron chi connectivity index (χ3n) is 4.73. The highest BCUT2D eigenvalue weighted by atomic mass is 16.7. The van der Waals surface area contributed by atoms with Crippen molar-refractivity contribution in [1.82, 2.24) is 16.0 Å². The van der Waals surface area contributed by atoms with Gasteiger partial charge in [0.05, 0.1) is 30.9 Å². The molecule has 0 aliphatic carbocycles. The minimum absolute atomic E-state index is 0.413. The van der Waals surface area contributed by atoms with Gasteiger partial charge in [0.15, 0.2) is 6.29 Å². The minimum atomic E-state index is -1.55. The summed E-state index contributed by atoms with van der Waals surface area (Å²) in [5.41, 5.74) is 0. The first-order valence-electron chi connectivity index (χ1n) is 9.66. The van der Waals surface area contributed by atoms with Crippen LogP contribution in [0.2, 0.25) is 0 Å². The Balaban J connectivity index is 3.21. The van der Waals surface area contributed by atoms with Crippen molar-refractivity contribution in [3.8, 4) is 0 Å². The van der Waals surface area contributed by atoms with Crippen molar-refractivity contribution in [3.05, 3.63) is 0 Å². The zero-order valence-electron chi connectivity index (χ0n) is 17.7. The maximum absolute atomic E-state index is 11.7. The second kappa shape index (κ2) is 11.5. The van der Waals surface area contributed by atoms with Crippen LogP contribution in [0.15, 0.2) is 0 Å². The second-order valence-corrected chi connectivity index (χ2v) is 7.47. The van der Waals surface area contributed by atoms with Gasteiger partial charge in [-0.15, -0.1) is 0 Å². The Morgan fingerprint density at radius 2 is 1.57 bits per heavy atom. The van der Waals surface area contributed by atoms with Crippen molar-refractivity contribution < 1.29 is 44.3 Å². The normalized spacial score (nSPS) is 30.5. The number of aliphatic hydroxyl groups is 4. The molecule has 0 saturated carbocycles. The van der Waals surface area contributed by atoms with E-state index in [2.05, 4.69) is 16.0 Å². The molecule has 0 radical (unpaired) electrons. The number of aliphatic hydroxyl groups excluding tert-OH is 4. The van der Waals surface area contributed by atoms with Crippen LogP contribution in [0.4, 0.5) is 0 Å². The van der Waals surface area contributed by atoms with Gasteiger partial charge in [-0.2, -0.15) is 0 Å². The Hall–Kier alpha value is -1.83. The topological polar surface area (TPSA) is 187 Å². The Bertz CT molecular complexity index is 603. The monoisotopic (exact) mass is 435 g/mol. The molecule has 30 heavy (non-hydrogen) atoms. The van der Waals surface area contributed by atoms with Crippen LogP contribution >= 0.6 is 0 Å². The predicted molar refractivity (Wildman–Crippen MR) is 103 cm³/mol. The molecule has 0 unspecified atom stereocenters. The van der Waals surface area contributed by atoms with Crippen LogP contribution < -0.4 is 16.0 Å². The summed E-state index contributed by atoms with van der Waals surface area (Å²) in [6.07, 6.45) is -7.59. The Morgan fingerprint density at radius 3 is 2.00 bits per heavy atom. The van der Waals surface area contributed by atoms with E-state index in [-0.39, 0.29) is 0 Å². The van der Waals surface area contributed by atoms with Crippen LogP contribution in [0.25, 0.3) is 0 Å². The molecule has 7 N–H and O–H groups in total. The van der Waals surface area contributed by atoms with Gasteiger partial charge in [-0.05, 0) is 13.8 Å². The van der Waals surface area contributed by atoms with Crippen LogP contribution in [0, 0.1) is 0 Å². The average molecular weight is 435 g/mol. The van der Waals surface area contributed by atoms with Crippen LogP contribution in [0.3, 0.4) is 0 Å². The smallest absolute Gasteiger partial charge is 0.217 e. The number of nitrogens with one attached hydrogen (secondary N) is 3. The molecular weight excluding hydrogens is 402 g/mol. The lowest BCUT2D eigenvalue weighted by Crippen LogP contribution is -2.68. The van der Waals surface area contributed by atoms with Gasteiger partial charge < -0.3 is 45.9 Å². The number of rotatable bonds is 9. The molecule has 9 atom stereocenters. The van der Waals surface area contributed by atoms with Crippen LogP contribution in [0.5, 0.6) is 0 Å². The molecule has 174 valence electrons. The molecule has 1 rings (SSSR count). The summed E-state index contributed by atoms with van der Waals surface area (Å²) < 4.78 is 11.5. The molecule has 12 heteroatoms. The van der Waals surface area contributed by atoms with Gasteiger partial charge in [0.2, 0.25) is 17.7 Å². The number of ether oxygens (including phenoxy) is 2. The molecule has 1 heterocycles. The number of hydrogen-bond donors (Lipinski definition) is 7. The molecule has 1 saturated heterocycles. The quantitative estimate of drug-likeness (QED) is 0.195. The molecule has 1 aliphatic rings. The standard InChI is InChI=1S/C18H33N3O9/c1-7(23)15(27)17(12(6-22)19-9(3)24)30-18-14(21-11(5)26)16(28)13(8(2)29-18)20-10(4)25/h7-8,12-18,22-23,27-28H,6H2,1-5H3,(H,19,24)(H,20,25)(H,21,26)/t7-,8+,12+,13+,14+,15+,16-,17-,18-/m0/s1. The van der Waals surface area contributed by atoms with Gasteiger partial charge in [-0.1, -0.05) is 0 Å². The molecule has 1 aliphatic heterocycles. The summed E-state index contributed by atoms with van der Waals surface area (Å²) in [5.74, 6) is -1.44. The van der Waals surface area contributed by atoms with E-state index in [1.807, 2.05) is 0 Å². The van der Waals surface area contributed by atoms with Gasteiger partial charge in [0, 0.05) is 20.8 Å². The van der Waals surface area contributed by atoms with E-state index in [0.717, 1.165) is 0 Å². The number of carbonyl (C=O) groups is 3. The van der Waals surface area contributed by atoms with Crippen molar-refractivity contribution in [1.29, 1.82) is 0 Å². The second-order valence-electron chi connectivity index (χ2n) is 7.47. The maximum atomic E-state index is 11.7. The molecule has 0 aromatic carbocycles. The maximum Gasteiger partial charge on any atom is 0.217 e. The summed E-state index contributed by atoms with van der Waals surface area (Å²) in [6.45, 7) is 5.92. The lowest BCUT2D eigenvalue weighted by molar-refractivity contribution is -0.271. The Morgan fingerprint density at radius 1 is 1.03 bits per heavy atom. The fourth-order valence-electron chi connectivity index (χ4n) is 3.32. The highest BCUT2D eigenvalue weighted by Crippen LogP contribution is 2.25. The van der Waals surface area contributed by atoms with Gasteiger partial charge in [-0.25, -0.2) is 0 Å². The fraction of sp³-hybridized carbons (Fsp3) is 0.833. The van der Waals surface area contributed by atoms with Gasteiger partial charge in [-0.3, -0.25) is 14.4 Å². The molecule has 1 fully saturated rings. The van der Waals surface area contributed by atoms with E-state index >= 15 is 0 Å². The van der Waals surface area contributed by atoms with E-state index < -0.39 is 79.3 Å². The van der Waals surface area contributed by atoms with Gasteiger partial charge in [0.25, 0.3) is 0 Å². The van der Waals surface area contributed by atoms with Crippen LogP contribution in [-0.2, 0) is 23.9 Å². The van der Waals surface area contributed by atoms with Crippen LogP contribution in [-0.4, -0.2) is 99.7 Å². The summed E-state index contributed by atoms with van der Waals surface area (Å²) in [5, 5.41) is 48.1. The summed E-state index contributed by atoms with van der Waals surface area (Å²) in [4.78, 5) is 34.6. The van der Waals surface area contributed by atoms with Gasteiger partial charge in [0.1, 0.15) is 24.4 Å². The van der Waals surface area contributed by atoms with E-state index in [1.54, 1.807) is 6.92 Å². The van der Waals surface area contributed by atoms with E-state index in [4.69, 9.17) is 9.47 Å². The third-order valence-corrected chi connectivity index (χ3v) is 4.73. The van der Waals surface area contributed by atoms with Crippen molar-refractivity contribution in [2.24, 2.45) is 0 Å². The van der Waals surface area contributed by atoms with E-state index in [0.29, 0.717) is 0 Å². The average Bonchev–Trinajstić information content (AvgIpc) is 2.63. The highest BCUT2D eigenvalue weighted by molar-refractivity contribution is 5.74. The van der Waals surface area contributed by atoms with Crippen molar-refractivity contribution >= 4 is 17.7 Å². The number of amides is 3. The molecule has 0 spiro atoms. The first-order chi connectivity index (χ1) is 13.9. The van der Waals surface area contributed by atoms with Crippen LogP contribution in [0.1, 0.15) is 34.6 Å². The fourth-order valence-corrected chi connectivity index (χ4v) is 3.32. The molecule has 12 nitrogen and oxygen atoms in total. The Kier molecular flexibility index (Phi) is 10.1. The molecule has 0 aromatic rings. The van der Waals surface area contributed by atoms with E-state index in [9.17, 15) is 34.8 Å².